The zero-order valence-electron chi connectivity index (χ0n) is 8.80. The molecule has 5 atom stereocenters. The van der Waals surface area contributed by atoms with Crippen molar-refractivity contribution in [3.05, 3.63) is 11.8 Å². The maximum Gasteiger partial charge on any atom is 0.370 e. The molecule has 7 N–H and O–H groups in total. The van der Waals surface area contributed by atoms with E-state index in [2.05, 4.69) is 0 Å². The summed E-state index contributed by atoms with van der Waals surface area (Å²) in [6, 6.07) is -1.10. The van der Waals surface area contributed by atoms with Gasteiger partial charge in [0.15, 0.2) is 0 Å². The number of aliphatic hydroxyl groups is 4. The lowest BCUT2D eigenvalue weighted by Crippen LogP contribution is -2.57. The van der Waals surface area contributed by atoms with E-state index in [1.165, 1.54) is 0 Å². The maximum atomic E-state index is 10.7. The van der Waals surface area contributed by atoms with Crippen molar-refractivity contribution in [3.8, 4) is 0 Å². The lowest BCUT2D eigenvalue weighted by atomic mass is 9.95. The number of hydrogen-bond donors (Lipinski definition) is 6. The van der Waals surface area contributed by atoms with Gasteiger partial charge in [0.05, 0.1) is 18.8 Å². The molecule has 1 unspecified atom stereocenters. The van der Waals surface area contributed by atoms with Crippen LogP contribution in [0.3, 0.4) is 0 Å². The highest BCUT2D eigenvalue weighted by Gasteiger charge is 2.40. The Labute approximate surface area is 96.5 Å². The van der Waals surface area contributed by atoms with Crippen LogP contribution in [0, 0.1) is 0 Å². The molecule has 17 heavy (non-hydrogen) atoms. The molecule has 1 aliphatic rings. The molecule has 1 heterocycles. The quantitative estimate of drug-likeness (QED) is 0.304. The smallest absolute Gasteiger partial charge is 0.370 e. The Morgan fingerprint density at radius 1 is 1.53 bits per heavy atom. The van der Waals surface area contributed by atoms with Crippen LogP contribution in [0.25, 0.3) is 0 Å². The number of ether oxygens (including phenoxy) is 1. The fourth-order valence-electron chi connectivity index (χ4n) is 1.47. The zero-order chi connectivity index (χ0) is 13.2. The number of carboxylic acids is 1. The van der Waals surface area contributed by atoms with Gasteiger partial charge in [-0.3, -0.25) is 0 Å². The standard InChI is InChI=1S/C9H15NO7/c10-6-3(12)1-5(9(15)16)17-8(6)7(14)4(13)2-11/h1,3-4,6-8,11-14H,2,10H2,(H,15,16)/t3-,4-,6-,7-,8?/m1/s1. The van der Waals surface area contributed by atoms with Crippen LogP contribution in [-0.2, 0) is 9.53 Å². The normalized spacial score (nSPS) is 32.3. The second-order valence-corrected chi connectivity index (χ2v) is 3.73. The highest BCUT2D eigenvalue weighted by Crippen LogP contribution is 2.21. The van der Waals surface area contributed by atoms with Gasteiger partial charge in [-0.1, -0.05) is 0 Å². The minimum atomic E-state index is -1.60. The van der Waals surface area contributed by atoms with Gasteiger partial charge in [0.25, 0.3) is 0 Å². The number of aliphatic hydroxyl groups excluding tert-OH is 4. The van der Waals surface area contributed by atoms with Crippen LogP contribution in [0.4, 0.5) is 0 Å². The van der Waals surface area contributed by atoms with Gasteiger partial charge in [-0.05, 0) is 6.08 Å². The van der Waals surface area contributed by atoms with Crippen LogP contribution < -0.4 is 5.73 Å². The summed E-state index contributed by atoms with van der Waals surface area (Å²) in [5, 5.41) is 45.6. The van der Waals surface area contributed by atoms with Gasteiger partial charge in [0, 0.05) is 0 Å². The van der Waals surface area contributed by atoms with Crippen LogP contribution in [0.2, 0.25) is 0 Å². The number of carboxylic acid groups (broad SMARTS) is 1. The first-order valence-electron chi connectivity index (χ1n) is 4.91. The molecule has 0 radical (unpaired) electrons. The summed E-state index contributed by atoms with van der Waals surface area (Å²) >= 11 is 0. The Morgan fingerprint density at radius 2 is 2.12 bits per heavy atom. The Kier molecular flexibility index (Phi) is 4.43. The maximum absolute atomic E-state index is 10.7. The van der Waals surface area contributed by atoms with Crippen LogP contribution in [0.5, 0.6) is 0 Å². The molecule has 0 aromatic carbocycles. The number of nitrogens with two attached hydrogens (primary N) is 1. The van der Waals surface area contributed by atoms with Crippen LogP contribution in [0.15, 0.2) is 11.8 Å². The third kappa shape index (κ3) is 2.93. The van der Waals surface area contributed by atoms with Crippen molar-refractivity contribution in [2.45, 2.75) is 30.5 Å². The third-order valence-electron chi connectivity index (χ3n) is 2.49. The Hall–Kier alpha value is -1.19. The first-order valence-corrected chi connectivity index (χ1v) is 4.91. The molecule has 0 amide bonds. The molecular formula is C9H15NO7. The van der Waals surface area contributed by atoms with Gasteiger partial charge in [-0.25, -0.2) is 4.79 Å². The monoisotopic (exact) mass is 249 g/mol. The van der Waals surface area contributed by atoms with E-state index >= 15 is 0 Å². The lowest BCUT2D eigenvalue weighted by Gasteiger charge is -2.35. The van der Waals surface area contributed by atoms with E-state index in [0.717, 1.165) is 6.08 Å². The Morgan fingerprint density at radius 3 is 2.59 bits per heavy atom. The summed E-state index contributed by atoms with van der Waals surface area (Å²) in [4.78, 5) is 10.7. The first kappa shape index (κ1) is 13.9. The molecule has 98 valence electrons. The molecule has 8 nitrogen and oxygen atoms in total. The minimum Gasteiger partial charge on any atom is -0.479 e. The Bertz CT molecular complexity index is 318. The Balaban J connectivity index is 2.87. The molecule has 0 spiro atoms. The largest absolute Gasteiger partial charge is 0.479 e. The van der Waals surface area contributed by atoms with Crippen LogP contribution >= 0.6 is 0 Å². The fraction of sp³-hybridized carbons (Fsp3) is 0.667. The average molecular weight is 249 g/mol. The van der Waals surface area contributed by atoms with Gasteiger partial charge in [-0.15, -0.1) is 0 Å². The topological polar surface area (TPSA) is 153 Å². The van der Waals surface area contributed by atoms with E-state index in [0.29, 0.717) is 0 Å². The molecule has 0 saturated carbocycles. The van der Waals surface area contributed by atoms with Crippen molar-refractivity contribution >= 4 is 5.97 Å². The summed E-state index contributed by atoms with van der Waals surface area (Å²) < 4.78 is 4.87. The molecule has 1 rings (SSSR count). The van der Waals surface area contributed by atoms with Crippen molar-refractivity contribution < 1.29 is 35.1 Å². The highest BCUT2D eigenvalue weighted by atomic mass is 16.5. The van der Waals surface area contributed by atoms with E-state index in [1.54, 1.807) is 0 Å². The molecule has 8 heteroatoms. The number of rotatable bonds is 4. The van der Waals surface area contributed by atoms with Crippen molar-refractivity contribution in [3.63, 3.8) is 0 Å². The van der Waals surface area contributed by atoms with Crippen LogP contribution in [-0.4, -0.2) is 68.6 Å². The predicted molar refractivity (Wildman–Crippen MR) is 53.7 cm³/mol. The second-order valence-electron chi connectivity index (χ2n) is 3.73. The zero-order valence-corrected chi connectivity index (χ0v) is 8.80. The van der Waals surface area contributed by atoms with Gasteiger partial charge in [-0.2, -0.15) is 0 Å². The van der Waals surface area contributed by atoms with Gasteiger partial charge in [0.2, 0.25) is 5.76 Å². The third-order valence-corrected chi connectivity index (χ3v) is 2.49. The van der Waals surface area contributed by atoms with Gasteiger partial charge >= 0.3 is 5.97 Å². The lowest BCUT2D eigenvalue weighted by molar-refractivity contribution is -0.146. The second kappa shape index (κ2) is 5.43. The van der Waals surface area contributed by atoms with E-state index in [-0.39, 0.29) is 0 Å². The average Bonchev–Trinajstić information content (AvgIpc) is 2.30. The number of carbonyl (C=O) groups is 1. The van der Waals surface area contributed by atoms with E-state index in [9.17, 15) is 20.1 Å². The molecular weight excluding hydrogens is 234 g/mol. The summed E-state index contributed by atoms with van der Waals surface area (Å²) in [7, 11) is 0. The summed E-state index contributed by atoms with van der Waals surface area (Å²) in [5.41, 5.74) is 5.51. The molecule has 0 bridgehead atoms. The predicted octanol–water partition coefficient (Wildman–Crippen LogP) is -3.24. The fourth-order valence-corrected chi connectivity index (χ4v) is 1.47. The molecule has 0 fully saturated rings. The molecule has 0 saturated heterocycles. The summed E-state index contributed by atoms with van der Waals surface area (Å²) in [6.07, 6.45) is -4.87. The number of hydrogen-bond acceptors (Lipinski definition) is 7. The van der Waals surface area contributed by atoms with Crippen molar-refractivity contribution in [1.82, 2.24) is 0 Å². The van der Waals surface area contributed by atoms with Crippen molar-refractivity contribution in [2.75, 3.05) is 6.61 Å². The molecule has 0 aromatic heterocycles. The highest BCUT2D eigenvalue weighted by molar-refractivity contribution is 5.84. The van der Waals surface area contributed by atoms with Gasteiger partial charge < -0.3 is 36.0 Å². The SMILES string of the molecule is N[C@H]1C([C@H](O)[C@H](O)CO)OC(C(=O)O)=C[C@H]1O. The summed E-state index contributed by atoms with van der Waals surface area (Å²) in [6.45, 7) is -0.740. The molecule has 0 aromatic rings. The van der Waals surface area contributed by atoms with Crippen molar-refractivity contribution in [2.24, 2.45) is 5.73 Å². The minimum absolute atomic E-state index is 0.562. The molecule has 1 aliphatic heterocycles. The molecule has 0 aliphatic carbocycles. The van der Waals surface area contributed by atoms with Crippen LogP contribution in [0.1, 0.15) is 0 Å². The number of aliphatic carboxylic acids is 1. The van der Waals surface area contributed by atoms with Crippen molar-refractivity contribution in [1.29, 1.82) is 0 Å². The van der Waals surface area contributed by atoms with Gasteiger partial charge in [0.1, 0.15) is 18.3 Å². The first-order chi connectivity index (χ1) is 7.88. The van der Waals surface area contributed by atoms with E-state index in [4.69, 9.17) is 20.7 Å². The van der Waals surface area contributed by atoms with E-state index < -0.39 is 48.8 Å². The van der Waals surface area contributed by atoms with E-state index in [1.807, 2.05) is 0 Å². The summed E-state index contributed by atoms with van der Waals surface area (Å²) in [5.74, 6) is -1.99.